The van der Waals surface area contributed by atoms with Crippen LogP contribution in [-0.4, -0.2) is 17.0 Å². The van der Waals surface area contributed by atoms with Gasteiger partial charge in [0, 0.05) is 23.0 Å². The van der Waals surface area contributed by atoms with Gasteiger partial charge < -0.3 is 9.30 Å². The highest BCUT2D eigenvalue weighted by atomic mass is 35.5. The van der Waals surface area contributed by atoms with Crippen LogP contribution in [-0.2, 0) is 0 Å². The smallest absolute Gasteiger partial charge is 0.202 e. The molecule has 0 bridgehead atoms. The largest absolute Gasteiger partial charge is 0.484 e. The molecule has 116 valence electrons. The highest BCUT2D eigenvalue weighted by Crippen LogP contribution is 2.38. The highest BCUT2D eigenvalue weighted by molar-refractivity contribution is 6.32. The molecule has 0 spiro atoms. The van der Waals surface area contributed by atoms with E-state index in [-0.39, 0.29) is 12.4 Å². The first-order valence-corrected chi connectivity index (χ1v) is 7.95. The van der Waals surface area contributed by atoms with E-state index in [1.165, 1.54) is 12.8 Å². The van der Waals surface area contributed by atoms with Gasteiger partial charge in [0.15, 0.2) is 6.61 Å². The number of ketones is 1. The van der Waals surface area contributed by atoms with E-state index in [0.29, 0.717) is 16.8 Å². The van der Waals surface area contributed by atoms with Gasteiger partial charge in [-0.15, -0.1) is 0 Å². The molecule has 0 unspecified atom stereocenters. The lowest BCUT2D eigenvalue weighted by Gasteiger charge is -2.09. The van der Waals surface area contributed by atoms with Gasteiger partial charge in [0.1, 0.15) is 5.75 Å². The van der Waals surface area contributed by atoms with Crippen LogP contribution in [0.25, 0.3) is 0 Å². The molecule has 1 aromatic heterocycles. The fourth-order valence-corrected chi connectivity index (χ4v) is 3.07. The molecule has 1 saturated carbocycles. The van der Waals surface area contributed by atoms with Crippen LogP contribution >= 0.6 is 11.6 Å². The predicted molar refractivity (Wildman–Crippen MR) is 88.2 cm³/mol. The van der Waals surface area contributed by atoms with Crippen LogP contribution in [0.1, 0.15) is 46.2 Å². The van der Waals surface area contributed by atoms with Gasteiger partial charge in [-0.2, -0.15) is 0 Å². The van der Waals surface area contributed by atoms with Crippen molar-refractivity contribution in [1.82, 2.24) is 4.57 Å². The molecule has 1 aliphatic rings. The molecule has 0 saturated heterocycles. The van der Waals surface area contributed by atoms with Crippen LogP contribution in [0.15, 0.2) is 24.3 Å². The van der Waals surface area contributed by atoms with E-state index in [0.717, 1.165) is 22.5 Å². The lowest BCUT2D eigenvalue weighted by molar-refractivity contribution is 0.0921. The van der Waals surface area contributed by atoms with E-state index in [1.54, 1.807) is 6.07 Å². The number of aryl methyl sites for hydroxylation is 2. The summed E-state index contributed by atoms with van der Waals surface area (Å²) in [5.74, 6) is 0.559. The first kappa shape index (κ1) is 15.2. The summed E-state index contributed by atoms with van der Waals surface area (Å²) >= 11 is 6.10. The van der Waals surface area contributed by atoms with Crippen LogP contribution in [0.2, 0.25) is 5.02 Å². The average Bonchev–Trinajstić information content (AvgIpc) is 3.25. The Hall–Kier alpha value is -1.74. The standard InChI is InChI=1S/C18H20ClNO2/c1-11-4-7-16(19)18(8-11)22-10-17(21)15-9-12(2)20(13(15)3)14-5-6-14/h4,7-9,14H,5-6,10H2,1-3H3. The lowest BCUT2D eigenvalue weighted by Crippen LogP contribution is -2.13. The van der Waals surface area contributed by atoms with Gasteiger partial charge in [-0.3, -0.25) is 4.79 Å². The Labute approximate surface area is 135 Å². The summed E-state index contributed by atoms with van der Waals surface area (Å²) in [6.45, 7) is 6.05. The summed E-state index contributed by atoms with van der Waals surface area (Å²) in [7, 11) is 0. The van der Waals surface area contributed by atoms with Crippen molar-refractivity contribution in [3.8, 4) is 5.75 Å². The van der Waals surface area contributed by atoms with Gasteiger partial charge in [-0.05, 0) is 57.4 Å². The van der Waals surface area contributed by atoms with Gasteiger partial charge in [-0.25, -0.2) is 0 Å². The number of rotatable bonds is 5. The zero-order valence-electron chi connectivity index (χ0n) is 13.1. The van der Waals surface area contributed by atoms with Gasteiger partial charge in [0.25, 0.3) is 0 Å². The molecule has 0 aliphatic heterocycles. The van der Waals surface area contributed by atoms with Crippen LogP contribution < -0.4 is 4.74 Å². The van der Waals surface area contributed by atoms with Crippen molar-refractivity contribution in [2.75, 3.05) is 6.61 Å². The number of carbonyl (C=O) groups is 1. The van der Waals surface area contributed by atoms with Crippen molar-refractivity contribution in [1.29, 1.82) is 0 Å². The second-order valence-corrected chi connectivity index (χ2v) is 6.44. The summed E-state index contributed by atoms with van der Waals surface area (Å²) < 4.78 is 7.89. The van der Waals surface area contributed by atoms with Crippen molar-refractivity contribution in [2.24, 2.45) is 0 Å². The average molecular weight is 318 g/mol. The number of hydrogen-bond donors (Lipinski definition) is 0. The summed E-state index contributed by atoms with van der Waals surface area (Å²) in [5.41, 5.74) is 4.01. The normalized spacial score (nSPS) is 14.2. The minimum Gasteiger partial charge on any atom is -0.484 e. The zero-order chi connectivity index (χ0) is 15.9. The Bertz CT molecular complexity index is 729. The zero-order valence-corrected chi connectivity index (χ0v) is 13.9. The third-order valence-electron chi connectivity index (χ3n) is 4.14. The minimum absolute atomic E-state index is 0.00225. The maximum absolute atomic E-state index is 12.5. The number of carbonyl (C=O) groups excluding carboxylic acids is 1. The van der Waals surface area contributed by atoms with Gasteiger partial charge in [0.05, 0.1) is 5.02 Å². The highest BCUT2D eigenvalue weighted by Gasteiger charge is 2.28. The van der Waals surface area contributed by atoms with E-state index in [4.69, 9.17) is 16.3 Å². The molecular weight excluding hydrogens is 298 g/mol. The maximum Gasteiger partial charge on any atom is 0.202 e. The lowest BCUT2D eigenvalue weighted by atomic mass is 10.1. The number of Topliss-reactive ketones (excluding diaryl/α,β-unsaturated/α-hetero) is 1. The van der Waals surface area contributed by atoms with Crippen molar-refractivity contribution in [3.63, 3.8) is 0 Å². The van der Waals surface area contributed by atoms with Crippen LogP contribution in [0, 0.1) is 20.8 Å². The van der Waals surface area contributed by atoms with Crippen LogP contribution in [0.4, 0.5) is 0 Å². The summed E-state index contributed by atoms with van der Waals surface area (Å²) in [4.78, 5) is 12.5. The van der Waals surface area contributed by atoms with E-state index >= 15 is 0 Å². The number of ether oxygens (including phenoxy) is 1. The SMILES string of the molecule is Cc1ccc(Cl)c(OCC(=O)c2cc(C)n(C3CC3)c2C)c1. The monoisotopic (exact) mass is 317 g/mol. The van der Waals surface area contributed by atoms with Gasteiger partial charge in [-0.1, -0.05) is 17.7 Å². The quantitative estimate of drug-likeness (QED) is 0.751. The van der Waals surface area contributed by atoms with Crippen LogP contribution in [0.3, 0.4) is 0 Å². The molecule has 0 atom stereocenters. The molecule has 2 aromatic rings. The van der Waals surface area contributed by atoms with E-state index in [9.17, 15) is 4.79 Å². The molecule has 3 rings (SSSR count). The molecule has 4 heteroatoms. The van der Waals surface area contributed by atoms with E-state index in [1.807, 2.05) is 32.0 Å². The topological polar surface area (TPSA) is 31.2 Å². The van der Waals surface area contributed by atoms with E-state index < -0.39 is 0 Å². The van der Waals surface area contributed by atoms with Gasteiger partial charge in [0.2, 0.25) is 5.78 Å². The molecule has 0 amide bonds. The third-order valence-corrected chi connectivity index (χ3v) is 4.45. The van der Waals surface area contributed by atoms with E-state index in [2.05, 4.69) is 11.5 Å². The Morgan fingerprint density at radius 3 is 2.68 bits per heavy atom. The molecule has 0 radical (unpaired) electrons. The maximum atomic E-state index is 12.5. The van der Waals surface area contributed by atoms with Crippen molar-refractivity contribution >= 4 is 17.4 Å². The first-order valence-electron chi connectivity index (χ1n) is 7.58. The molecule has 1 heterocycles. The molecular formula is C18H20ClNO2. The number of aromatic nitrogens is 1. The van der Waals surface area contributed by atoms with Gasteiger partial charge >= 0.3 is 0 Å². The second kappa shape index (κ2) is 5.81. The summed E-state index contributed by atoms with van der Waals surface area (Å²) in [6.07, 6.45) is 2.42. The van der Waals surface area contributed by atoms with Crippen molar-refractivity contribution < 1.29 is 9.53 Å². The summed E-state index contributed by atoms with van der Waals surface area (Å²) in [5, 5.41) is 0.529. The molecule has 3 nitrogen and oxygen atoms in total. The molecule has 1 fully saturated rings. The Balaban J connectivity index is 1.75. The molecule has 1 aliphatic carbocycles. The number of hydrogen-bond acceptors (Lipinski definition) is 2. The first-order chi connectivity index (χ1) is 10.5. The minimum atomic E-state index is -0.00225. The summed E-state index contributed by atoms with van der Waals surface area (Å²) in [6, 6.07) is 8.10. The van der Waals surface area contributed by atoms with Crippen LogP contribution in [0.5, 0.6) is 5.75 Å². The third kappa shape index (κ3) is 2.91. The van der Waals surface area contributed by atoms with Crippen molar-refractivity contribution in [3.05, 3.63) is 51.8 Å². The molecule has 0 N–H and O–H groups in total. The number of halogens is 1. The Kier molecular flexibility index (Phi) is 4.00. The fraction of sp³-hybridized carbons (Fsp3) is 0.389. The predicted octanol–water partition coefficient (Wildman–Crippen LogP) is 4.66. The number of nitrogens with zero attached hydrogens (tertiary/aromatic N) is 1. The Morgan fingerprint density at radius 2 is 2.00 bits per heavy atom. The second-order valence-electron chi connectivity index (χ2n) is 6.03. The van der Waals surface area contributed by atoms with Crippen molar-refractivity contribution in [2.45, 2.75) is 39.7 Å². The molecule has 22 heavy (non-hydrogen) atoms. The fourth-order valence-electron chi connectivity index (χ4n) is 2.90. The molecule has 1 aromatic carbocycles. The number of benzene rings is 1. The Morgan fingerprint density at radius 1 is 1.27 bits per heavy atom.